The van der Waals surface area contributed by atoms with E-state index >= 15 is 0 Å². The zero-order valence-corrected chi connectivity index (χ0v) is 14.8. The number of piperidine rings is 1. The standard InChI is InChI=1S/C19H22N4O3/c1-2-23-19(26)18(25)22-11-14-8-9-21(12-15(14)17(22)20-23)16(24)10-13-6-4-3-5-7-13/h3-7,14-15H,2,8-12H2,1H3. The molecule has 0 radical (unpaired) electrons. The molecule has 0 bridgehead atoms. The van der Waals surface area contributed by atoms with Gasteiger partial charge >= 0.3 is 11.1 Å². The van der Waals surface area contributed by atoms with Crippen LogP contribution in [0.15, 0.2) is 39.9 Å². The van der Waals surface area contributed by atoms with Gasteiger partial charge in [0, 0.05) is 32.1 Å². The molecule has 0 aliphatic carbocycles. The smallest absolute Gasteiger partial charge is 0.332 e. The van der Waals surface area contributed by atoms with Crippen molar-refractivity contribution in [3.63, 3.8) is 0 Å². The molecule has 7 heteroatoms. The minimum Gasteiger partial charge on any atom is -0.342 e. The van der Waals surface area contributed by atoms with E-state index in [0.717, 1.165) is 12.0 Å². The Morgan fingerprint density at radius 3 is 2.65 bits per heavy atom. The van der Waals surface area contributed by atoms with E-state index in [1.807, 2.05) is 35.2 Å². The van der Waals surface area contributed by atoms with Crippen LogP contribution in [0.2, 0.25) is 0 Å². The van der Waals surface area contributed by atoms with Crippen molar-refractivity contribution in [3.8, 4) is 0 Å². The fourth-order valence-corrected chi connectivity index (χ4v) is 4.07. The van der Waals surface area contributed by atoms with Crippen LogP contribution in [0.25, 0.3) is 0 Å². The zero-order valence-electron chi connectivity index (χ0n) is 14.8. The van der Waals surface area contributed by atoms with E-state index in [2.05, 4.69) is 5.10 Å². The number of nitrogens with zero attached hydrogens (tertiary/aromatic N) is 4. The summed E-state index contributed by atoms with van der Waals surface area (Å²) >= 11 is 0. The number of amides is 1. The Bertz CT molecular complexity index is 947. The van der Waals surface area contributed by atoms with Crippen LogP contribution in [0, 0.1) is 5.92 Å². The van der Waals surface area contributed by atoms with Gasteiger partial charge in [-0.15, -0.1) is 0 Å². The molecule has 1 fully saturated rings. The number of rotatable bonds is 3. The topological polar surface area (TPSA) is 77.2 Å². The highest BCUT2D eigenvalue weighted by Gasteiger charge is 2.40. The average Bonchev–Trinajstić information content (AvgIpc) is 3.03. The summed E-state index contributed by atoms with van der Waals surface area (Å²) < 4.78 is 2.76. The van der Waals surface area contributed by atoms with Crippen molar-refractivity contribution < 1.29 is 4.79 Å². The van der Waals surface area contributed by atoms with Gasteiger partial charge in [0.1, 0.15) is 5.82 Å². The molecule has 1 aromatic heterocycles. The van der Waals surface area contributed by atoms with Gasteiger partial charge in [-0.05, 0) is 24.8 Å². The van der Waals surface area contributed by atoms with Crippen molar-refractivity contribution in [3.05, 3.63) is 62.4 Å². The van der Waals surface area contributed by atoms with E-state index in [9.17, 15) is 14.4 Å². The van der Waals surface area contributed by atoms with Gasteiger partial charge in [0.25, 0.3) is 0 Å². The number of fused-ring (bicyclic) bond motifs is 3. The number of likely N-dealkylation sites (tertiary alicyclic amines) is 1. The molecule has 4 rings (SSSR count). The third-order valence-electron chi connectivity index (χ3n) is 5.52. The van der Waals surface area contributed by atoms with Crippen molar-refractivity contribution >= 4 is 5.91 Å². The predicted molar refractivity (Wildman–Crippen MR) is 96.0 cm³/mol. The van der Waals surface area contributed by atoms with E-state index in [1.165, 1.54) is 9.25 Å². The maximum absolute atomic E-state index is 12.7. The summed E-state index contributed by atoms with van der Waals surface area (Å²) in [6.07, 6.45) is 1.21. The normalized spacial score (nSPS) is 21.3. The fourth-order valence-electron chi connectivity index (χ4n) is 4.07. The van der Waals surface area contributed by atoms with E-state index < -0.39 is 11.1 Å². The molecule has 2 aromatic rings. The molecule has 136 valence electrons. The lowest BCUT2D eigenvalue weighted by Gasteiger charge is -2.34. The van der Waals surface area contributed by atoms with Crippen LogP contribution in [-0.2, 0) is 24.3 Å². The summed E-state index contributed by atoms with van der Waals surface area (Å²) in [5.74, 6) is 1.04. The number of hydrogen-bond acceptors (Lipinski definition) is 4. The monoisotopic (exact) mass is 354 g/mol. The van der Waals surface area contributed by atoms with Gasteiger partial charge in [0.05, 0.1) is 6.42 Å². The molecule has 26 heavy (non-hydrogen) atoms. The molecule has 1 saturated heterocycles. The van der Waals surface area contributed by atoms with Crippen molar-refractivity contribution in [1.29, 1.82) is 0 Å². The Kier molecular flexibility index (Phi) is 4.22. The lowest BCUT2D eigenvalue weighted by molar-refractivity contribution is -0.132. The fraction of sp³-hybridized carbons (Fsp3) is 0.474. The summed E-state index contributed by atoms with van der Waals surface area (Å²) in [4.78, 5) is 39.0. The maximum atomic E-state index is 12.7. The minimum atomic E-state index is -0.563. The maximum Gasteiger partial charge on any atom is 0.332 e. The predicted octanol–water partition coefficient (Wildman–Crippen LogP) is 0.613. The third kappa shape index (κ3) is 2.77. The van der Waals surface area contributed by atoms with Gasteiger partial charge < -0.3 is 4.90 Å². The van der Waals surface area contributed by atoms with Crippen molar-refractivity contribution in [2.45, 2.75) is 38.8 Å². The highest BCUT2D eigenvalue weighted by molar-refractivity contribution is 5.79. The Morgan fingerprint density at radius 2 is 1.92 bits per heavy atom. The van der Waals surface area contributed by atoms with Crippen LogP contribution in [0.4, 0.5) is 0 Å². The Balaban J connectivity index is 1.58. The molecule has 2 aliphatic heterocycles. The van der Waals surface area contributed by atoms with Gasteiger partial charge in [-0.25, -0.2) is 4.68 Å². The Hall–Kier alpha value is -2.70. The molecule has 0 spiro atoms. The van der Waals surface area contributed by atoms with Crippen LogP contribution in [0.1, 0.15) is 30.7 Å². The summed E-state index contributed by atoms with van der Waals surface area (Å²) in [5.41, 5.74) is -0.0547. The first-order valence-electron chi connectivity index (χ1n) is 9.12. The van der Waals surface area contributed by atoms with Crippen molar-refractivity contribution in [2.24, 2.45) is 5.92 Å². The van der Waals surface area contributed by atoms with Crippen molar-refractivity contribution in [1.82, 2.24) is 19.2 Å². The van der Waals surface area contributed by atoms with Gasteiger partial charge in [-0.1, -0.05) is 30.3 Å². The van der Waals surface area contributed by atoms with Crippen molar-refractivity contribution in [2.75, 3.05) is 13.1 Å². The molecule has 0 saturated carbocycles. The lowest BCUT2D eigenvalue weighted by atomic mass is 9.87. The molecule has 2 unspecified atom stereocenters. The highest BCUT2D eigenvalue weighted by Crippen LogP contribution is 2.37. The Labute approximate surface area is 150 Å². The SMILES string of the molecule is CCn1nc2n(c(=O)c1=O)CC1CCN(C(=O)Cc3ccccc3)CC21. The molecular weight excluding hydrogens is 332 g/mol. The number of benzene rings is 1. The molecule has 1 amide bonds. The van der Waals surface area contributed by atoms with Crippen LogP contribution < -0.4 is 11.1 Å². The summed E-state index contributed by atoms with van der Waals surface area (Å²) in [6, 6.07) is 9.71. The summed E-state index contributed by atoms with van der Waals surface area (Å²) in [7, 11) is 0. The zero-order chi connectivity index (χ0) is 18.3. The highest BCUT2D eigenvalue weighted by atomic mass is 16.2. The van der Waals surface area contributed by atoms with E-state index in [4.69, 9.17) is 0 Å². The summed E-state index contributed by atoms with van der Waals surface area (Å²) in [6.45, 7) is 3.95. The number of carbonyl (C=O) groups is 1. The van der Waals surface area contributed by atoms with Gasteiger partial charge in [-0.3, -0.25) is 19.0 Å². The number of carbonyl (C=O) groups excluding carboxylic acids is 1. The van der Waals surface area contributed by atoms with Crippen LogP contribution >= 0.6 is 0 Å². The first-order chi connectivity index (χ1) is 12.6. The third-order valence-corrected chi connectivity index (χ3v) is 5.52. The largest absolute Gasteiger partial charge is 0.342 e. The van der Waals surface area contributed by atoms with E-state index in [1.54, 1.807) is 6.92 Å². The second kappa shape index (κ2) is 6.55. The summed E-state index contributed by atoms with van der Waals surface area (Å²) in [5, 5.41) is 4.42. The molecule has 0 N–H and O–H groups in total. The molecule has 2 aliphatic rings. The Morgan fingerprint density at radius 1 is 1.15 bits per heavy atom. The quantitative estimate of drug-likeness (QED) is 0.757. The minimum absolute atomic E-state index is 0.0228. The first-order valence-corrected chi connectivity index (χ1v) is 9.12. The van der Waals surface area contributed by atoms with E-state index in [-0.39, 0.29) is 17.7 Å². The van der Waals surface area contributed by atoms with Crippen LogP contribution in [0.5, 0.6) is 0 Å². The lowest BCUT2D eigenvalue weighted by Crippen LogP contribution is -2.44. The van der Waals surface area contributed by atoms with Crippen LogP contribution in [-0.4, -0.2) is 38.2 Å². The molecule has 2 atom stereocenters. The second-order valence-corrected chi connectivity index (χ2v) is 7.05. The van der Waals surface area contributed by atoms with E-state index in [0.29, 0.717) is 38.4 Å². The van der Waals surface area contributed by atoms with Gasteiger partial charge in [0.2, 0.25) is 5.91 Å². The second-order valence-electron chi connectivity index (χ2n) is 7.05. The molecule has 3 heterocycles. The molecule has 7 nitrogen and oxygen atoms in total. The van der Waals surface area contributed by atoms with Gasteiger partial charge in [0.15, 0.2) is 0 Å². The van der Waals surface area contributed by atoms with Gasteiger partial charge in [-0.2, -0.15) is 5.10 Å². The number of aromatic nitrogens is 3. The number of aryl methyl sites for hydroxylation is 1. The van der Waals surface area contributed by atoms with Crippen LogP contribution in [0.3, 0.4) is 0 Å². The average molecular weight is 354 g/mol. The number of hydrogen-bond donors (Lipinski definition) is 0. The molecule has 1 aromatic carbocycles. The molecular formula is C19H22N4O3. The first kappa shape index (κ1) is 16.8.